The summed E-state index contributed by atoms with van der Waals surface area (Å²) in [6.45, 7) is -0.394. The van der Waals surface area contributed by atoms with E-state index in [0.717, 1.165) is 17.8 Å². The van der Waals surface area contributed by atoms with Crippen LogP contribution in [0.25, 0.3) is 0 Å². The van der Waals surface area contributed by atoms with Crippen LogP contribution in [0.3, 0.4) is 0 Å². The quantitative estimate of drug-likeness (QED) is 0.596. The summed E-state index contributed by atoms with van der Waals surface area (Å²) in [6.07, 6.45) is -1.58. The standard InChI is InChI=1S/C14H12ClF2N3O2/c15-12-6-11(20(21)22)7-18-14(12)19(9-13(16)17)8-10-4-2-1-3-5-10/h1-7,13H,8-9H2. The molecule has 2 aromatic rings. The van der Waals surface area contributed by atoms with Crippen molar-refractivity contribution in [3.63, 3.8) is 0 Å². The van der Waals surface area contributed by atoms with E-state index >= 15 is 0 Å². The summed E-state index contributed by atoms with van der Waals surface area (Å²) in [7, 11) is 0. The molecule has 0 aliphatic rings. The molecule has 0 aliphatic carbocycles. The number of anilines is 1. The summed E-state index contributed by atoms with van der Waals surface area (Å²) in [5.74, 6) is 0.0939. The Morgan fingerprint density at radius 2 is 2.00 bits per heavy atom. The van der Waals surface area contributed by atoms with Gasteiger partial charge in [-0.05, 0) is 5.56 Å². The maximum atomic E-state index is 12.8. The van der Waals surface area contributed by atoms with Gasteiger partial charge in [-0.15, -0.1) is 0 Å². The SMILES string of the molecule is O=[N+]([O-])c1cnc(N(Cc2ccccc2)CC(F)F)c(Cl)c1. The summed E-state index contributed by atoms with van der Waals surface area (Å²) < 4.78 is 25.6. The molecule has 0 unspecified atom stereocenters. The lowest BCUT2D eigenvalue weighted by Crippen LogP contribution is -2.29. The van der Waals surface area contributed by atoms with E-state index in [1.807, 2.05) is 6.07 Å². The number of rotatable bonds is 6. The van der Waals surface area contributed by atoms with E-state index in [4.69, 9.17) is 11.6 Å². The zero-order chi connectivity index (χ0) is 16.1. The van der Waals surface area contributed by atoms with Gasteiger partial charge < -0.3 is 4.90 Å². The van der Waals surface area contributed by atoms with Crippen molar-refractivity contribution in [1.29, 1.82) is 0 Å². The first-order valence-electron chi connectivity index (χ1n) is 6.34. The van der Waals surface area contributed by atoms with Gasteiger partial charge in [-0.1, -0.05) is 41.9 Å². The lowest BCUT2D eigenvalue weighted by molar-refractivity contribution is -0.385. The highest BCUT2D eigenvalue weighted by atomic mass is 35.5. The first-order chi connectivity index (χ1) is 10.5. The molecule has 1 aromatic carbocycles. The summed E-state index contributed by atoms with van der Waals surface area (Å²) in [5.41, 5.74) is 0.518. The van der Waals surface area contributed by atoms with Crippen LogP contribution >= 0.6 is 11.6 Å². The Morgan fingerprint density at radius 1 is 1.32 bits per heavy atom. The Labute approximate surface area is 130 Å². The van der Waals surface area contributed by atoms with Crippen LogP contribution in [-0.2, 0) is 6.54 Å². The Hall–Kier alpha value is -2.28. The van der Waals surface area contributed by atoms with Gasteiger partial charge in [0.2, 0.25) is 0 Å². The van der Waals surface area contributed by atoms with Crippen LogP contribution in [0.15, 0.2) is 42.6 Å². The molecule has 1 aromatic heterocycles. The fraction of sp³-hybridized carbons (Fsp3) is 0.214. The lowest BCUT2D eigenvalue weighted by atomic mass is 10.2. The molecular weight excluding hydrogens is 316 g/mol. The third-order valence-corrected chi connectivity index (χ3v) is 3.17. The second-order valence-electron chi connectivity index (χ2n) is 4.51. The van der Waals surface area contributed by atoms with E-state index in [-0.39, 0.29) is 23.1 Å². The predicted molar refractivity (Wildman–Crippen MR) is 79.4 cm³/mol. The zero-order valence-corrected chi connectivity index (χ0v) is 12.1. The second-order valence-corrected chi connectivity index (χ2v) is 4.92. The Morgan fingerprint density at radius 3 is 2.55 bits per heavy atom. The molecule has 0 saturated carbocycles. The maximum absolute atomic E-state index is 12.8. The van der Waals surface area contributed by atoms with Crippen LogP contribution in [-0.4, -0.2) is 22.9 Å². The number of nitrogens with zero attached hydrogens (tertiary/aromatic N) is 3. The van der Waals surface area contributed by atoms with Crippen molar-refractivity contribution < 1.29 is 13.7 Å². The molecule has 0 saturated heterocycles. The Balaban J connectivity index is 2.31. The number of hydrogen-bond acceptors (Lipinski definition) is 4. The largest absolute Gasteiger partial charge is 0.345 e. The number of benzene rings is 1. The van der Waals surface area contributed by atoms with E-state index in [2.05, 4.69) is 4.98 Å². The third-order valence-electron chi connectivity index (χ3n) is 2.89. The first-order valence-corrected chi connectivity index (χ1v) is 6.72. The van der Waals surface area contributed by atoms with Gasteiger partial charge in [-0.2, -0.15) is 0 Å². The molecule has 0 fully saturated rings. The number of aromatic nitrogens is 1. The van der Waals surface area contributed by atoms with Gasteiger partial charge in [-0.3, -0.25) is 10.1 Å². The highest BCUT2D eigenvalue weighted by Crippen LogP contribution is 2.28. The Kier molecular flexibility index (Phi) is 5.21. The molecule has 0 amide bonds. The summed E-state index contributed by atoms with van der Waals surface area (Å²) in [5, 5.41) is 10.6. The molecule has 5 nitrogen and oxygen atoms in total. The highest BCUT2D eigenvalue weighted by Gasteiger charge is 2.19. The topological polar surface area (TPSA) is 59.3 Å². The van der Waals surface area contributed by atoms with E-state index in [9.17, 15) is 18.9 Å². The first kappa shape index (κ1) is 16.1. The summed E-state index contributed by atoms with van der Waals surface area (Å²) in [4.78, 5) is 15.2. The highest BCUT2D eigenvalue weighted by molar-refractivity contribution is 6.33. The van der Waals surface area contributed by atoms with Gasteiger partial charge in [-0.25, -0.2) is 13.8 Å². The van der Waals surface area contributed by atoms with E-state index in [0.29, 0.717) is 0 Å². The average Bonchev–Trinajstić information content (AvgIpc) is 2.47. The van der Waals surface area contributed by atoms with Crippen molar-refractivity contribution in [3.8, 4) is 0 Å². The summed E-state index contributed by atoms with van der Waals surface area (Å²) >= 11 is 5.96. The molecule has 2 rings (SSSR count). The predicted octanol–water partition coefficient (Wildman–Crippen LogP) is 3.91. The molecule has 0 aliphatic heterocycles. The van der Waals surface area contributed by atoms with E-state index in [1.165, 1.54) is 4.90 Å². The van der Waals surface area contributed by atoms with Gasteiger partial charge in [0.15, 0.2) is 0 Å². The van der Waals surface area contributed by atoms with Crippen molar-refractivity contribution in [1.82, 2.24) is 4.98 Å². The van der Waals surface area contributed by atoms with Crippen molar-refractivity contribution in [2.75, 3.05) is 11.4 Å². The zero-order valence-electron chi connectivity index (χ0n) is 11.3. The molecule has 0 spiro atoms. The molecule has 0 N–H and O–H groups in total. The molecule has 0 atom stereocenters. The van der Waals surface area contributed by atoms with Gasteiger partial charge in [0, 0.05) is 12.6 Å². The molecule has 116 valence electrons. The van der Waals surface area contributed by atoms with Crippen LogP contribution in [0.1, 0.15) is 5.56 Å². The van der Waals surface area contributed by atoms with Gasteiger partial charge in [0.1, 0.15) is 12.0 Å². The van der Waals surface area contributed by atoms with Crippen LogP contribution in [0.2, 0.25) is 5.02 Å². The minimum atomic E-state index is -2.59. The number of hydrogen-bond donors (Lipinski definition) is 0. The van der Waals surface area contributed by atoms with Crippen LogP contribution in [0, 0.1) is 10.1 Å². The van der Waals surface area contributed by atoms with Crippen molar-refractivity contribution in [2.24, 2.45) is 0 Å². The number of halogens is 3. The van der Waals surface area contributed by atoms with Crippen molar-refractivity contribution in [3.05, 3.63) is 63.3 Å². The van der Waals surface area contributed by atoms with Gasteiger partial charge in [0.25, 0.3) is 12.1 Å². The van der Waals surface area contributed by atoms with E-state index in [1.54, 1.807) is 24.3 Å². The monoisotopic (exact) mass is 327 g/mol. The van der Waals surface area contributed by atoms with Crippen LogP contribution < -0.4 is 4.90 Å². The number of nitro groups is 1. The Bertz CT molecular complexity index is 656. The van der Waals surface area contributed by atoms with Crippen LogP contribution in [0.5, 0.6) is 0 Å². The molecule has 0 bridgehead atoms. The van der Waals surface area contributed by atoms with Crippen molar-refractivity contribution >= 4 is 23.1 Å². The van der Waals surface area contributed by atoms with Crippen LogP contribution in [0.4, 0.5) is 20.3 Å². The number of pyridine rings is 1. The number of alkyl halides is 2. The molecule has 0 radical (unpaired) electrons. The minimum Gasteiger partial charge on any atom is -0.345 e. The lowest BCUT2D eigenvalue weighted by Gasteiger charge is -2.24. The second kappa shape index (κ2) is 7.13. The fourth-order valence-corrected chi connectivity index (χ4v) is 2.23. The normalized spacial score (nSPS) is 10.7. The molecular formula is C14H12ClF2N3O2. The fourth-order valence-electron chi connectivity index (χ4n) is 1.95. The van der Waals surface area contributed by atoms with Crippen molar-refractivity contribution in [2.45, 2.75) is 13.0 Å². The minimum absolute atomic E-state index is 0.0363. The molecule has 8 heteroatoms. The summed E-state index contributed by atoms with van der Waals surface area (Å²) in [6, 6.07) is 10.1. The smallest absolute Gasteiger partial charge is 0.289 e. The molecule has 1 heterocycles. The molecule has 22 heavy (non-hydrogen) atoms. The van der Waals surface area contributed by atoms with Gasteiger partial charge >= 0.3 is 0 Å². The third kappa shape index (κ3) is 4.11. The maximum Gasteiger partial charge on any atom is 0.289 e. The van der Waals surface area contributed by atoms with E-state index < -0.39 is 17.9 Å². The van der Waals surface area contributed by atoms with Gasteiger partial charge in [0.05, 0.1) is 16.5 Å². The average molecular weight is 328 g/mol.